The molecular formula is C25H18ClNO4. The molecule has 0 aromatic heterocycles. The van der Waals surface area contributed by atoms with E-state index < -0.39 is 12.1 Å². The summed E-state index contributed by atoms with van der Waals surface area (Å²) in [5, 5.41) is 0.544. The molecule has 3 aromatic carbocycles. The summed E-state index contributed by atoms with van der Waals surface area (Å²) >= 11 is 5.99. The first-order chi connectivity index (χ1) is 15.0. The molecule has 0 saturated carbocycles. The van der Waals surface area contributed by atoms with Gasteiger partial charge < -0.3 is 9.64 Å². The molecular weight excluding hydrogens is 414 g/mol. The molecule has 154 valence electrons. The fraction of sp³-hybridized carbons (Fsp3) is 0.0800. The van der Waals surface area contributed by atoms with Crippen LogP contribution in [0.2, 0.25) is 5.02 Å². The first-order valence-electron chi connectivity index (χ1n) is 9.67. The van der Waals surface area contributed by atoms with Gasteiger partial charge in [-0.25, -0.2) is 4.79 Å². The minimum atomic E-state index is -1.10. The van der Waals surface area contributed by atoms with Crippen molar-refractivity contribution in [2.75, 3.05) is 6.54 Å². The zero-order valence-corrected chi connectivity index (χ0v) is 17.2. The van der Waals surface area contributed by atoms with Crippen LogP contribution in [0, 0.1) is 0 Å². The lowest BCUT2D eigenvalue weighted by Gasteiger charge is -2.32. The third-order valence-electron chi connectivity index (χ3n) is 4.90. The van der Waals surface area contributed by atoms with E-state index in [0.29, 0.717) is 27.4 Å². The predicted molar refractivity (Wildman–Crippen MR) is 118 cm³/mol. The Bertz CT molecular complexity index is 1140. The number of rotatable bonds is 4. The number of halogens is 1. The zero-order chi connectivity index (χ0) is 21.8. The van der Waals surface area contributed by atoms with Gasteiger partial charge in [0.1, 0.15) is 0 Å². The van der Waals surface area contributed by atoms with Gasteiger partial charge >= 0.3 is 5.97 Å². The number of carbonyl (C=O) groups is 3. The highest BCUT2D eigenvalue weighted by Crippen LogP contribution is 2.28. The molecule has 0 aliphatic carbocycles. The summed E-state index contributed by atoms with van der Waals surface area (Å²) in [6.45, 7) is -0.0837. The van der Waals surface area contributed by atoms with E-state index in [-0.39, 0.29) is 18.2 Å². The maximum absolute atomic E-state index is 13.3. The van der Waals surface area contributed by atoms with Gasteiger partial charge in [-0.3, -0.25) is 9.59 Å². The van der Waals surface area contributed by atoms with Crippen molar-refractivity contribution in [3.63, 3.8) is 0 Å². The summed E-state index contributed by atoms with van der Waals surface area (Å²) in [5.41, 5.74) is 1.89. The molecule has 6 heteroatoms. The van der Waals surface area contributed by atoms with Crippen LogP contribution >= 0.6 is 11.6 Å². The molecule has 0 radical (unpaired) electrons. The first kappa shape index (κ1) is 20.6. The molecule has 0 N–H and O–H groups in total. The van der Waals surface area contributed by atoms with E-state index in [1.54, 1.807) is 78.9 Å². The summed E-state index contributed by atoms with van der Waals surface area (Å²) in [6.07, 6.45) is 0.243. The summed E-state index contributed by atoms with van der Waals surface area (Å²) in [6, 6.07) is 24.0. The molecule has 0 spiro atoms. The van der Waals surface area contributed by atoms with E-state index in [2.05, 4.69) is 0 Å². The van der Waals surface area contributed by atoms with Crippen LogP contribution in [0.5, 0.6) is 0 Å². The predicted octanol–water partition coefficient (Wildman–Crippen LogP) is 4.63. The fourth-order valence-corrected chi connectivity index (χ4v) is 3.44. The molecule has 1 atom stereocenters. The van der Waals surface area contributed by atoms with Crippen LogP contribution in [0.4, 0.5) is 0 Å². The summed E-state index contributed by atoms with van der Waals surface area (Å²) in [5.74, 6) is -1.30. The number of benzene rings is 3. The number of ketones is 1. The number of esters is 1. The highest BCUT2D eigenvalue weighted by Gasteiger charge is 2.35. The Morgan fingerprint density at radius 3 is 2.03 bits per heavy atom. The van der Waals surface area contributed by atoms with Gasteiger partial charge in [-0.05, 0) is 42.0 Å². The van der Waals surface area contributed by atoms with Crippen molar-refractivity contribution in [3.8, 4) is 0 Å². The number of amides is 1. The van der Waals surface area contributed by atoms with Gasteiger partial charge in [-0.2, -0.15) is 0 Å². The van der Waals surface area contributed by atoms with Crippen LogP contribution in [-0.4, -0.2) is 35.2 Å². The SMILES string of the molecule is O=C(OC1CN(C(=O)c2ccccc2)C(c2ccc(Cl)cc2)=CC1=O)c1ccccc1. The van der Waals surface area contributed by atoms with Crippen molar-refractivity contribution >= 4 is 35.0 Å². The number of ether oxygens (including phenoxy) is 1. The smallest absolute Gasteiger partial charge is 0.338 e. The number of carbonyl (C=O) groups excluding carboxylic acids is 3. The van der Waals surface area contributed by atoms with Crippen LogP contribution in [0.15, 0.2) is 91.0 Å². The maximum atomic E-state index is 13.3. The van der Waals surface area contributed by atoms with E-state index in [1.807, 2.05) is 6.07 Å². The molecule has 5 nitrogen and oxygen atoms in total. The third-order valence-corrected chi connectivity index (χ3v) is 5.15. The lowest BCUT2D eigenvalue weighted by molar-refractivity contribution is -0.123. The Morgan fingerprint density at radius 1 is 0.839 bits per heavy atom. The minimum Gasteiger partial charge on any atom is -0.448 e. The van der Waals surface area contributed by atoms with Gasteiger partial charge in [0, 0.05) is 16.7 Å². The standard InChI is InChI=1S/C25H18ClNO4/c26-20-13-11-17(12-14-20)21-15-22(28)23(31-25(30)19-9-5-2-6-10-19)16-27(21)24(29)18-7-3-1-4-8-18/h1-15,23H,16H2. The Labute approximate surface area is 184 Å². The van der Waals surface area contributed by atoms with Crippen LogP contribution < -0.4 is 0 Å². The number of hydrogen-bond acceptors (Lipinski definition) is 4. The quantitative estimate of drug-likeness (QED) is 0.565. The van der Waals surface area contributed by atoms with Crippen molar-refractivity contribution in [2.24, 2.45) is 0 Å². The first-order valence-corrected chi connectivity index (χ1v) is 10.0. The number of nitrogens with zero attached hydrogens (tertiary/aromatic N) is 1. The number of hydrogen-bond donors (Lipinski definition) is 0. The maximum Gasteiger partial charge on any atom is 0.338 e. The van der Waals surface area contributed by atoms with Gasteiger partial charge in [0.15, 0.2) is 11.9 Å². The molecule has 4 rings (SSSR count). The Morgan fingerprint density at radius 2 is 1.42 bits per heavy atom. The Kier molecular flexibility index (Phi) is 5.96. The van der Waals surface area contributed by atoms with Gasteiger partial charge in [0.25, 0.3) is 5.91 Å². The molecule has 3 aromatic rings. The van der Waals surface area contributed by atoms with Crippen LogP contribution in [0.25, 0.3) is 5.70 Å². The van der Waals surface area contributed by atoms with Gasteiger partial charge in [-0.15, -0.1) is 0 Å². The van der Waals surface area contributed by atoms with Crippen molar-refractivity contribution in [1.82, 2.24) is 4.90 Å². The van der Waals surface area contributed by atoms with Crippen molar-refractivity contribution in [3.05, 3.63) is 113 Å². The second-order valence-electron chi connectivity index (χ2n) is 6.98. The monoisotopic (exact) mass is 431 g/mol. The van der Waals surface area contributed by atoms with Gasteiger partial charge in [0.2, 0.25) is 0 Å². The average molecular weight is 432 g/mol. The van der Waals surface area contributed by atoms with E-state index in [1.165, 1.54) is 11.0 Å². The lowest BCUT2D eigenvalue weighted by atomic mass is 10.0. The lowest BCUT2D eigenvalue weighted by Crippen LogP contribution is -2.45. The van der Waals surface area contributed by atoms with Crippen molar-refractivity contribution in [2.45, 2.75) is 6.10 Å². The largest absolute Gasteiger partial charge is 0.448 e. The van der Waals surface area contributed by atoms with Gasteiger partial charge in [-0.1, -0.05) is 60.1 Å². The molecule has 1 aliphatic rings. The Hall–Kier alpha value is -3.70. The molecule has 1 amide bonds. The second kappa shape index (κ2) is 8.98. The molecule has 1 unspecified atom stereocenters. The van der Waals surface area contributed by atoms with Gasteiger partial charge in [0.05, 0.1) is 17.8 Å². The van der Waals surface area contributed by atoms with E-state index in [4.69, 9.17) is 16.3 Å². The molecule has 31 heavy (non-hydrogen) atoms. The summed E-state index contributed by atoms with van der Waals surface area (Å²) < 4.78 is 5.46. The summed E-state index contributed by atoms with van der Waals surface area (Å²) in [7, 11) is 0. The van der Waals surface area contributed by atoms with Crippen LogP contribution in [0.3, 0.4) is 0 Å². The van der Waals surface area contributed by atoms with Crippen LogP contribution in [-0.2, 0) is 9.53 Å². The second-order valence-corrected chi connectivity index (χ2v) is 7.42. The molecule has 0 saturated heterocycles. The Balaban J connectivity index is 1.67. The molecule has 0 fully saturated rings. The normalized spacial score (nSPS) is 15.9. The van der Waals surface area contributed by atoms with E-state index >= 15 is 0 Å². The van der Waals surface area contributed by atoms with Crippen LogP contribution in [0.1, 0.15) is 26.3 Å². The highest BCUT2D eigenvalue weighted by atomic mass is 35.5. The van der Waals surface area contributed by atoms with E-state index in [9.17, 15) is 14.4 Å². The molecule has 0 bridgehead atoms. The topological polar surface area (TPSA) is 63.7 Å². The highest BCUT2D eigenvalue weighted by molar-refractivity contribution is 6.30. The molecule has 1 aliphatic heterocycles. The third kappa shape index (κ3) is 4.57. The van der Waals surface area contributed by atoms with E-state index in [0.717, 1.165) is 0 Å². The zero-order valence-electron chi connectivity index (χ0n) is 16.4. The molecule has 1 heterocycles. The fourth-order valence-electron chi connectivity index (χ4n) is 3.32. The minimum absolute atomic E-state index is 0.0837. The van der Waals surface area contributed by atoms with Crippen molar-refractivity contribution < 1.29 is 19.1 Å². The average Bonchev–Trinajstić information content (AvgIpc) is 2.81. The van der Waals surface area contributed by atoms with Crippen molar-refractivity contribution in [1.29, 1.82) is 0 Å². The summed E-state index contributed by atoms with van der Waals surface area (Å²) in [4.78, 5) is 40.0.